The lowest BCUT2D eigenvalue weighted by Gasteiger charge is -2.52. The number of pyridine rings is 1. The van der Waals surface area contributed by atoms with Crippen LogP contribution in [0.25, 0.3) is 39.3 Å². The van der Waals surface area contributed by atoms with Crippen LogP contribution in [0.1, 0.15) is 48.8 Å². The van der Waals surface area contributed by atoms with Crippen molar-refractivity contribution in [1.82, 2.24) is 29.9 Å². The van der Waals surface area contributed by atoms with Crippen molar-refractivity contribution >= 4 is 22.7 Å². The molecule has 0 bridgehead atoms. The lowest BCUT2D eigenvalue weighted by atomic mass is 9.60. The highest BCUT2D eigenvalue weighted by Gasteiger charge is 2.58. The van der Waals surface area contributed by atoms with Crippen LogP contribution in [0.4, 0.5) is 0 Å². The van der Waals surface area contributed by atoms with E-state index < -0.39 is 11.1 Å². The van der Waals surface area contributed by atoms with Gasteiger partial charge in [-0.15, -0.1) is 10.2 Å². The second kappa shape index (κ2) is 8.65. The molecular weight excluding hydrogens is 490 g/mol. The van der Waals surface area contributed by atoms with Gasteiger partial charge in [0.1, 0.15) is 5.52 Å². The molecule has 0 radical (unpaired) electrons. The number of aromatic nitrogens is 5. The van der Waals surface area contributed by atoms with E-state index in [4.69, 9.17) is 15.7 Å². The molecule has 196 valence electrons. The Bertz CT molecular complexity index is 1720. The molecule has 0 aliphatic heterocycles. The number of nitrogens with one attached hydrogen (secondary N) is 1. The summed E-state index contributed by atoms with van der Waals surface area (Å²) in [6.07, 6.45) is 3.39. The van der Waals surface area contributed by atoms with Crippen molar-refractivity contribution in [3.8, 4) is 22.5 Å². The third-order valence-corrected chi connectivity index (χ3v) is 8.09. The number of nitrogens with two attached hydrogens (primary N) is 1. The molecule has 3 aromatic heterocycles. The van der Waals surface area contributed by atoms with Crippen molar-refractivity contribution in [1.29, 1.82) is 0 Å². The summed E-state index contributed by atoms with van der Waals surface area (Å²) in [5, 5.41) is 21.9. The van der Waals surface area contributed by atoms with E-state index in [9.17, 15) is 9.90 Å². The van der Waals surface area contributed by atoms with Crippen LogP contribution in [0.2, 0.25) is 0 Å². The molecule has 1 amide bonds. The third-order valence-electron chi connectivity index (χ3n) is 8.09. The maximum absolute atomic E-state index is 12.7. The summed E-state index contributed by atoms with van der Waals surface area (Å²) in [5.74, 6) is 0.253. The molecule has 4 N–H and O–H groups in total. The predicted octanol–water partition coefficient (Wildman–Crippen LogP) is 3.85. The maximum Gasteiger partial charge on any atom is 0.289 e. The van der Waals surface area contributed by atoms with Crippen molar-refractivity contribution in [2.45, 2.75) is 43.7 Å². The quantitative estimate of drug-likeness (QED) is 0.311. The highest BCUT2D eigenvalue weighted by atomic mass is 16.3. The van der Waals surface area contributed by atoms with Crippen LogP contribution in [0.15, 0.2) is 66.7 Å². The minimum Gasteiger partial charge on any atom is -0.389 e. The van der Waals surface area contributed by atoms with Gasteiger partial charge in [0.25, 0.3) is 5.91 Å². The summed E-state index contributed by atoms with van der Waals surface area (Å²) < 4.78 is 1.66. The van der Waals surface area contributed by atoms with Gasteiger partial charge in [0.15, 0.2) is 11.3 Å². The minimum absolute atomic E-state index is 0.169. The zero-order chi connectivity index (χ0) is 26.8. The number of amides is 1. The van der Waals surface area contributed by atoms with Crippen molar-refractivity contribution in [2.24, 2.45) is 11.7 Å². The summed E-state index contributed by atoms with van der Waals surface area (Å²) in [7, 11) is 0. The fourth-order valence-corrected chi connectivity index (χ4v) is 5.98. The number of hydrogen-bond donors (Lipinski definition) is 3. The highest BCUT2D eigenvalue weighted by Crippen LogP contribution is 2.57. The fourth-order valence-electron chi connectivity index (χ4n) is 5.98. The van der Waals surface area contributed by atoms with Gasteiger partial charge in [-0.2, -0.15) is 0 Å². The number of aliphatic hydroxyl groups is 1. The normalized spacial score (nSPS) is 22.6. The molecule has 2 saturated carbocycles. The van der Waals surface area contributed by atoms with Crippen LogP contribution >= 0.6 is 0 Å². The van der Waals surface area contributed by atoms with Crippen molar-refractivity contribution in [3.63, 3.8) is 0 Å². The Morgan fingerprint density at radius 2 is 1.67 bits per heavy atom. The predicted molar refractivity (Wildman–Crippen MR) is 148 cm³/mol. The Labute approximate surface area is 225 Å². The van der Waals surface area contributed by atoms with E-state index in [1.54, 1.807) is 10.5 Å². The van der Waals surface area contributed by atoms with Gasteiger partial charge in [0, 0.05) is 23.2 Å². The number of fused-ring (bicyclic) bond motifs is 3. The van der Waals surface area contributed by atoms with Gasteiger partial charge in [-0.3, -0.25) is 9.20 Å². The molecular formula is C30H29N7O2. The summed E-state index contributed by atoms with van der Waals surface area (Å²) in [5.41, 5.74) is 11.5. The monoisotopic (exact) mass is 519 g/mol. The lowest BCUT2D eigenvalue weighted by Crippen LogP contribution is -2.60. The molecule has 9 heteroatoms. The second-order valence-corrected chi connectivity index (χ2v) is 10.9. The van der Waals surface area contributed by atoms with E-state index in [1.165, 1.54) is 0 Å². The summed E-state index contributed by atoms with van der Waals surface area (Å²) >= 11 is 0. The molecule has 39 heavy (non-hydrogen) atoms. The summed E-state index contributed by atoms with van der Waals surface area (Å²) in [6, 6.07) is 21.6. The Morgan fingerprint density at radius 3 is 2.36 bits per heavy atom. The molecule has 0 spiro atoms. The smallest absolute Gasteiger partial charge is 0.289 e. The van der Waals surface area contributed by atoms with Gasteiger partial charge in [0.2, 0.25) is 5.82 Å². The second-order valence-electron chi connectivity index (χ2n) is 10.9. The van der Waals surface area contributed by atoms with Gasteiger partial charge in [-0.25, -0.2) is 9.97 Å². The van der Waals surface area contributed by atoms with Crippen molar-refractivity contribution in [2.75, 3.05) is 6.54 Å². The van der Waals surface area contributed by atoms with Crippen LogP contribution in [-0.2, 0) is 5.54 Å². The van der Waals surface area contributed by atoms with Gasteiger partial charge in [0.05, 0.1) is 17.0 Å². The van der Waals surface area contributed by atoms with Crippen LogP contribution < -0.4 is 11.1 Å². The molecule has 7 rings (SSSR count). The number of rotatable bonds is 6. The first-order valence-electron chi connectivity index (χ1n) is 13.4. The summed E-state index contributed by atoms with van der Waals surface area (Å²) in [4.78, 5) is 22.8. The van der Waals surface area contributed by atoms with E-state index in [0.717, 1.165) is 35.2 Å². The van der Waals surface area contributed by atoms with Crippen molar-refractivity contribution in [3.05, 3.63) is 78.1 Å². The lowest BCUT2D eigenvalue weighted by molar-refractivity contribution is -0.106. The zero-order valence-corrected chi connectivity index (χ0v) is 21.6. The number of carbonyl (C=O) groups excluding carboxylic acids is 1. The fraction of sp³-hybridized carbons (Fsp3) is 0.300. The number of hydrogen-bond acceptors (Lipinski definition) is 7. The molecule has 2 aliphatic rings. The average molecular weight is 520 g/mol. The first-order valence-corrected chi connectivity index (χ1v) is 13.4. The standard InChI is InChI=1S/C30H29N7O2/c1-2-32-28(38)27-36-35-23-15-14-22-26(37(23)27)34-25(18-6-4-3-5-7-18)24(33-22)19-8-10-20(11-9-19)29(31)16-30(39,17-29)21-12-13-21/h3-11,14-15,21,39H,2,12-13,16-17,31H2,1H3,(H,32,38). The molecule has 2 aromatic carbocycles. The largest absolute Gasteiger partial charge is 0.389 e. The van der Waals surface area contributed by atoms with E-state index in [1.807, 2.05) is 67.6 Å². The Morgan fingerprint density at radius 1 is 0.974 bits per heavy atom. The Balaban J connectivity index is 1.34. The third kappa shape index (κ3) is 3.88. The summed E-state index contributed by atoms with van der Waals surface area (Å²) in [6.45, 7) is 2.33. The first kappa shape index (κ1) is 23.9. The van der Waals surface area contributed by atoms with Crippen molar-refractivity contribution < 1.29 is 9.90 Å². The first-order chi connectivity index (χ1) is 18.9. The van der Waals surface area contributed by atoms with Crippen LogP contribution in [0, 0.1) is 5.92 Å². The molecule has 9 nitrogen and oxygen atoms in total. The molecule has 5 aromatic rings. The minimum atomic E-state index is -0.613. The average Bonchev–Trinajstić information content (AvgIpc) is 3.71. The van der Waals surface area contributed by atoms with Crippen LogP contribution in [-0.4, -0.2) is 47.7 Å². The van der Waals surface area contributed by atoms with E-state index in [0.29, 0.717) is 47.8 Å². The van der Waals surface area contributed by atoms with Gasteiger partial charge in [-0.05, 0) is 56.2 Å². The molecule has 2 aliphatic carbocycles. The van der Waals surface area contributed by atoms with Crippen LogP contribution in [0.5, 0.6) is 0 Å². The highest BCUT2D eigenvalue weighted by molar-refractivity contribution is 5.94. The molecule has 3 heterocycles. The molecule has 0 saturated heterocycles. The maximum atomic E-state index is 12.7. The van der Waals surface area contributed by atoms with Gasteiger partial charge >= 0.3 is 0 Å². The Hall–Kier alpha value is -4.21. The van der Waals surface area contributed by atoms with E-state index >= 15 is 0 Å². The molecule has 2 fully saturated rings. The number of benzene rings is 2. The van der Waals surface area contributed by atoms with Gasteiger partial charge < -0.3 is 16.2 Å². The topological polar surface area (TPSA) is 131 Å². The van der Waals surface area contributed by atoms with E-state index in [2.05, 4.69) is 15.5 Å². The van der Waals surface area contributed by atoms with Crippen LogP contribution in [0.3, 0.4) is 0 Å². The molecule has 0 unspecified atom stereocenters. The zero-order valence-electron chi connectivity index (χ0n) is 21.6. The Kier molecular flexibility index (Phi) is 5.30. The van der Waals surface area contributed by atoms with Gasteiger partial charge in [-0.1, -0.05) is 54.6 Å². The SMILES string of the molecule is CCNC(=O)c1nnc2ccc3nc(-c4ccc(C5(N)CC(O)(C6CC6)C5)cc4)c(-c4ccccc4)nc3n12. The van der Waals surface area contributed by atoms with E-state index in [-0.39, 0.29) is 11.7 Å². The molecule has 0 atom stereocenters. The number of carbonyl (C=O) groups is 1. The number of nitrogens with zero attached hydrogens (tertiary/aromatic N) is 5.